The number of hydrogen-bond donors (Lipinski definition) is 0. The maximum Gasteiger partial charge on any atom is 0.375 e. The first kappa shape index (κ1) is 13.2. The lowest BCUT2D eigenvalue weighted by atomic mass is 9.85. The molecule has 18 heavy (non-hydrogen) atoms. The Balaban J connectivity index is 1.69. The summed E-state index contributed by atoms with van der Waals surface area (Å²) in [4.78, 5) is 34.8. The quantitative estimate of drug-likeness (QED) is 0.314. The van der Waals surface area contributed by atoms with Crippen molar-refractivity contribution in [1.29, 1.82) is 0 Å². The summed E-state index contributed by atoms with van der Waals surface area (Å²) >= 11 is 0. The summed E-state index contributed by atoms with van der Waals surface area (Å²) < 4.78 is 4.94. The van der Waals surface area contributed by atoms with E-state index in [1.165, 1.54) is 12.8 Å². The van der Waals surface area contributed by atoms with Gasteiger partial charge in [-0.25, -0.2) is 4.79 Å². The molecule has 2 saturated carbocycles. The molecule has 4 nitrogen and oxygen atoms in total. The van der Waals surface area contributed by atoms with Crippen LogP contribution < -0.4 is 0 Å². The molecule has 1 unspecified atom stereocenters. The average Bonchev–Trinajstić information content (AvgIpc) is 3.18. The fourth-order valence-electron chi connectivity index (χ4n) is 2.42. The molecule has 0 spiro atoms. The second-order valence-electron chi connectivity index (χ2n) is 5.35. The van der Waals surface area contributed by atoms with Crippen LogP contribution in [-0.4, -0.2) is 24.1 Å². The number of ether oxygens (including phenoxy) is 1. The lowest BCUT2D eigenvalue weighted by Gasteiger charge is -2.18. The second kappa shape index (κ2) is 6.12. The Kier molecular flexibility index (Phi) is 4.50. The molecule has 0 heterocycles. The van der Waals surface area contributed by atoms with E-state index >= 15 is 0 Å². The smallest absolute Gasteiger partial charge is 0.375 e. The minimum Gasteiger partial charge on any atom is -0.460 e. The van der Waals surface area contributed by atoms with E-state index in [2.05, 4.69) is 0 Å². The SMILES string of the molecule is O=C(OCCCC1CC1)C(=O)C1CCCCC1=O. The molecule has 0 aromatic rings. The van der Waals surface area contributed by atoms with Crippen molar-refractivity contribution in [3.05, 3.63) is 0 Å². The normalized spacial score (nSPS) is 23.8. The third-order valence-corrected chi connectivity index (χ3v) is 3.76. The van der Waals surface area contributed by atoms with E-state index in [1.54, 1.807) is 0 Å². The highest BCUT2D eigenvalue weighted by atomic mass is 16.5. The third-order valence-electron chi connectivity index (χ3n) is 3.76. The van der Waals surface area contributed by atoms with Crippen LogP contribution in [0, 0.1) is 11.8 Å². The molecule has 4 heteroatoms. The number of carbonyl (C=O) groups excluding carboxylic acids is 3. The van der Waals surface area contributed by atoms with Crippen LogP contribution in [0.15, 0.2) is 0 Å². The molecule has 0 aromatic heterocycles. The molecule has 2 aliphatic rings. The van der Waals surface area contributed by atoms with Crippen molar-refractivity contribution in [2.24, 2.45) is 11.8 Å². The van der Waals surface area contributed by atoms with Gasteiger partial charge in [-0.05, 0) is 31.6 Å². The number of hydrogen-bond acceptors (Lipinski definition) is 4. The topological polar surface area (TPSA) is 60.4 Å². The van der Waals surface area contributed by atoms with Gasteiger partial charge >= 0.3 is 5.97 Å². The number of ketones is 2. The van der Waals surface area contributed by atoms with E-state index in [0.717, 1.165) is 31.6 Å². The van der Waals surface area contributed by atoms with Gasteiger partial charge in [-0.2, -0.15) is 0 Å². The van der Waals surface area contributed by atoms with E-state index in [-0.39, 0.29) is 5.78 Å². The summed E-state index contributed by atoms with van der Waals surface area (Å²) in [6.07, 6.45) is 7.06. The van der Waals surface area contributed by atoms with Gasteiger partial charge in [-0.3, -0.25) is 9.59 Å². The summed E-state index contributed by atoms with van der Waals surface area (Å²) in [6, 6.07) is 0. The lowest BCUT2D eigenvalue weighted by Crippen LogP contribution is -2.33. The molecule has 0 aromatic carbocycles. The van der Waals surface area contributed by atoms with Crippen molar-refractivity contribution < 1.29 is 19.1 Å². The Morgan fingerprint density at radius 3 is 2.61 bits per heavy atom. The molecule has 2 rings (SSSR count). The van der Waals surface area contributed by atoms with E-state index in [1.807, 2.05) is 0 Å². The zero-order valence-electron chi connectivity index (χ0n) is 10.7. The van der Waals surface area contributed by atoms with Gasteiger partial charge in [0.2, 0.25) is 5.78 Å². The maximum absolute atomic E-state index is 11.8. The largest absolute Gasteiger partial charge is 0.460 e. The van der Waals surface area contributed by atoms with Crippen LogP contribution in [0.25, 0.3) is 0 Å². The van der Waals surface area contributed by atoms with Crippen molar-refractivity contribution in [2.45, 2.75) is 51.4 Å². The van der Waals surface area contributed by atoms with Gasteiger partial charge in [0, 0.05) is 6.42 Å². The zero-order chi connectivity index (χ0) is 13.0. The van der Waals surface area contributed by atoms with Crippen LogP contribution in [0.4, 0.5) is 0 Å². The fourth-order valence-corrected chi connectivity index (χ4v) is 2.42. The van der Waals surface area contributed by atoms with E-state index < -0.39 is 17.7 Å². The Bertz CT molecular complexity index is 344. The highest BCUT2D eigenvalue weighted by molar-refractivity contribution is 6.38. The van der Waals surface area contributed by atoms with Crippen molar-refractivity contribution in [3.8, 4) is 0 Å². The molecule has 2 fully saturated rings. The molecule has 0 aliphatic heterocycles. The molecule has 0 N–H and O–H groups in total. The van der Waals surface area contributed by atoms with Crippen LogP contribution in [0.1, 0.15) is 51.4 Å². The molecular formula is C14H20O4. The Hall–Kier alpha value is -1.19. The minimum absolute atomic E-state index is 0.0961. The molecular weight excluding hydrogens is 232 g/mol. The molecule has 0 saturated heterocycles. The predicted molar refractivity (Wildman–Crippen MR) is 64.9 cm³/mol. The summed E-state index contributed by atoms with van der Waals surface area (Å²) in [7, 11) is 0. The second-order valence-corrected chi connectivity index (χ2v) is 5.35. The van der Waals surface area contributed by atoms with Gasteiger partial charge in [0.1, 0.15) is 5.78 Å². The number of rotatable bonds is 6. The van der Waals surface area contributed by atoms with Gasteiger partial charge in [-0.15, -0.1) is 0 Å². The molecule has 0 radical (unpaired) electrons. The monoisotopic (exact) mass is 252 g/mol. The Labute approximate surface area is 107 Å². The van der Waals surface area contributed by atoms with E-state index in [0.29, 0.717) is 19.4 Å². The standard InChI is InChI=1S/C14H20O4/c15-12-6-2-1-5-11(12)13(16)14(17)18-9-3-4-10-7-8-10/h10-11H,1-9H2. The maximum atomic E-state index is 11.8. The minimum atomic E-state index is -0.814. The number of carbonyl (C=O) groups is 3. The predicted octanol–water partition coefficient (Wildman–Crippen LogP) is 2.05. The van der Waals surface area contributed by atoms with Crippen LogP contribution in [0.2, 0.25) is 0 Å². The summed E-state index contributed by atoms with van der Waals surface area (Å²) in [5.41, 5.74) is 0. The molecule has 0 amide bonds. The highest BCUT2D eigenvalue weighted by Crippen LogP contribution is 2.33. The Morgan fingerprint density at radius 2 is 1.94 bits per heavy atom. The molecule has 1 atom stereocenters. The van der Waals surface area contributed by atoms with Crippen LogP contribution in [0.3, 0.4) is 0 Å². The summed E-state index contributed by atoms with van der Waals surface area (Å²) in [5, 5.41) is 0. The van der Waals surface area contributed by atoms with Crippen LogP contribution >= 0.6 is 0 Å². The van der Waals surface area contributed by atoms with Crippen LogP contribution in [0.5, 0.6) is 0 Å². The fraction of sp³-hybridized carbons (Fsp3) is 0.786. The van der Waals surface area contributed by atoms with Crippen molar-refractivity contribution in [3.63, 3.8) is 0 Å². The summed E-state index contributed by atoms with van der Waals surface area (Å²) in [6.45, 7) is 0.308. The third kappa shape index (κ3) is 3.65. The highest BCUT2D eigenvalue weighted by Gasteiger charge is 2.34. The first-order valence-corrected chi connectivity index (χ1v) is 6.92. The van der Waals surface area contributed by atoms with Gasteiger partial charge in [-0.1, -0.05) is 19.3 Å². The number of esters is 1. The number of Topliss-reactive ketones (excluding diaryl/α,β-unsaturated/α-hetero) is 2. The van der Waals surface area contributed by atoms with Crippen molar-refractivity contribution in [1.82, 2.24) is 0 Å². The average molecular weight is 252 g/mol. The van der Waals surface area contributed by atoms with Gasteiger partial charge in [0.15, 0.2) is 0 Å². The van der Waals surface area contributed by atoms with Crippen molar-refractivity contribution >= 4 is 17.5 Å². The van der Waals surface area contributed by atoms with Crippen molar-refractivity contribution in [2.75, 3.05) is 6.61 Å². The Morgan fingerprint density at radius 1 is 1.17 bits per heavy atom. The first-order chi connectivity index (χ1) is 8.68. The van der Waals surface area contributed by atoms with E-state index in [9.17, 15) is 14.4 Å². The summed E-state index contributed by atoms with van der Waals surface area (Å²) in [5.74, 6) is -1.47. The van der Waals surface area contributed by atoms with Gasteiger partial charge in [0.25, 0.3) is 0 Å². The molecule has 100 valence electrons. The van der Waals surface area contributed by atoms with Gasteiger partial charge < -0.3 is 4.74 Å². The molecule has 0 bridgehead atoms. The first-order valence-electron chi connectivity index (χ1n) is 6.92. The van der Waals surface area contributed by atoms with Crippen LogP contribution in [-0.2, 0) is 19.1 Å². The lowest BCUT2D eigenvalue weighted by molar-refractivity contribution is -0.157. The zero-order valence-corrected chi connectivity index (χ0v) is 10.7. The van der Waals surface area contributed by atoms with Gasteiger partial charge in [0.05, 0.1) is 12.5 Å². The van der Waals surface area contributed by atoms with E-state index in [4.69, 9.17) is 4.74 Å². The molecule has 2 aliphatic carbocycles.